The monoisotopic (exact) mass is 251 g/mol. The largest absolute Gasteiger partial charge is 0.459 e. The zero-order valence-corrected chi connectivity index (χ0v) is 11.2. The van der Waals surface area contributed by atoms with Crippen LogP contribution in [0.25, 0.3) is 11.0 Å². The number of aryl methyl sites for hydroxylation is 1. The van der Waals surface area contributed by atoms with Gasteiger partial charge in [-0.1, -0.05) is 48.0 Å². The van der Waals surface area contributed by atoms with E-state index in [0.717, 1.165) is 16.7 Å². The van der Waals surface area contributed by atoms with Crippen molar-refractivity contribution in [2.45, 2.75) is 13.0 Å². The number of nitrogens with one attached hydrogen (secondary N) is 1. The highest BCUT2D eigenvalue weighted by Crippen LogP contribution is 2.28. The van der Waals surface area contributed by atoms with Crippen LogP contribution in [-0.2, 0) is 0 Å². The Hall–Kier alpha value is -2.06. The van der Waals surface area contributed by atoms with Crippen LogP contribution in [0, 0.1) is 6.92 Å². The first-order chi connectivity index (χ1) is 9.28. The average molecular weight is 251 g/mol. The lowest BCUT2D eigenvalue weighted by Crippen LogP contribution is -2.16. The van der Waals surface area contributed by atoms with Gasteiger partial charge in [0, 0.05) is 5.39 Å². The molecule has 1 N–H and O–H groups in total. The molecule has 3 rings (SSSR count). The Morgan fingerprint density at radius 3 is 2.42 bits per heavy atom. The second kappa shape index (κ2) is 4.90. The van der Waals surface area contributed by atoms with Crippen LogP contribution in [0.15, 0.2) is 59.0 Å². The summed E-state index contributed by atoms with van der Waals surface area (Å²) in [5, 5.41) is 4.46. The molecular weight excluding hydrogens is 234 g/mol. The molecule has 1 heterocycles. The first-order valence-electron chi connectivity index (χ1n) is 6.50. The lowest BCUT2D eigenvalue weighted by atomic mass is 10.0. The lowest BCUT2D eigenvalue weighted by molar-refractivity contribution is 0.491. The van der Waals surface area contributed by atoms with Crippen LogP contribution >= 0.6 is 0 Å². The van der Waals surface area contributed by atoms with Crippen LogP contribution in [0.1, 0.15) is 22.9 Å². The Morgan fingerprint density at radius 2 is 1.74 bits per heavy atom. The van der Waals surface area contributed by atoms with Gasteiger partial charge >= 0.3 is 0 Å². The molecule has 0 bridgehead atoms. The van der Waals surface area contributed by atoms with Gasteiger partial charge in [-0.2, -0.15) is 0 Å². The number of para-hydroxylation sites is 1. The van der Waals surface area contributed by atoms with Crippen LogP contribution in [0.2, 0.25) is 0 Å². The summed E-state index contributed by atoms with van der Waals surface area (Å²) in [5.74, 6) is 0.951. The highest BCUT2D eigenvalue weighted by Gasteiger charge is 2.16. The SMILES string of the molecule is CNC(c1ccc(C)cc1)c1cc2ccccc2o1. The second-order valence-corrected chi connectivity index (χ2v) is 4.82. The minimum absolute atomic E-state index is 0.0907. The van der Waals surface area contributed by atoms with Crippen LogP contribution in [0.4, 0.5) is 0 Å². The molecule has 0 saturated carbocycles. The van der Waals surface area contributed by atoms with E-state index >= 15 is 0 Å². The third-order valence-electron chi connectivity index (χ3n) is 3.43. The fourth-order valence-electron chi connectivity index (χ4n) is 2.38. The Bertz CT molecular complexity index is 649. The Labute approximate surface area is 113 Å². The van der Waals surface area contributed by atoms with E-state index in [9.17, 15) is 0 Å². The summed E-state index contributed by atoms with van der Waals surface area (Å²) in [5.41, 5.74) is 3.42. The van der Waals surface area contributed by atoms with E-state index in [0.29, 0.717) is 0 Å². The minimum Gasteiger partial charge on any atom is -0.459 e. The van der Waals surface area contributed by atoms with Gasteiger partial charge in [0.15, 0.2) is 0 Å². The molecule has 2 aromatic carbocycles. The first-order valence-corrected chi connectivity index (χ1v) is 6.50. The second-order valence-electron chi connectivity index (χ2n) is 4.82. The number of benzene rings is 2. The third-order valence-corrected chi connectivity index (χ3v) is 3.43. The number of hydrogen-bond acceptors (Lipinski definition) is 2. The van der Waals surface area contributed by atoms with E-state index in [1.807, 2.05) is 25.2 Å². The van der Waals surface area contributed by atoms with Crippen LogP contribution in [-0.4, -0.2) is 7.05 Å². The Morgan fingerprint density at radius 1 is 1.00 bits per heavy atom. The summed E-state index contributed by atoms with van der Waals surface area (Å²) in [6, 6.07) is 18.8. The standard InChI is InChI=1S/C17H17NO/c1-12-7-9-13(10-8-12)17(18-2)16-11-14-5-3-4-6-15(14)19-16/h3-11,17-18H,1-2H3. The van der Waals surface area contributed by atoms with Crippen molar-refractivity contribution in [3.63, 3.8) is 0 Å². The maximum atomic E-state index is 5.94. The molecule has 1 atom stereocenters. The molecular formula is C17H17NO. The molecule has 1 unspecified atom stereocenters. The summed E-state index contributed by atoms with van der Waals surface area (Å²) in [4.78, 5) is 0. The highest BCUT2D eigenvalue weighted by molar-refractivity contribution is 5.77. The van der Waals surface area contributed by atoms with Gasteiger partial charge in [0.05, 0.1) is 6.04 Å². The Kier molecular flexibility index (Phi) is 3.10. The maximum absolute atomic E-state index is 5.94. The van der Waals surface area contributed by atoms with Crippen molar-refractivity contribution in [2.24, 2.45) is 0 Å². The van der Waals surface area contributed by atoms with Crippen LogP contribution in [0.3, 0.4) is 0 Å². The molecule has 0 spiro atoms. The van der Waals surface area contributed by atoms with Crippen molar-refractivity contribution in [2.75, 3.05) is 7.05 Å². The number of hydrogen-bond donors (Lipinski definition) is 1. The van der Waals surface area contributed by atoms with E-state index in [1.165, 1.54) is 11.1 Å². The van der Waals surface area contributed by atoms with Crippen molar-refractivity contribution in [3.05, 3.63) is 71.5 Å². The molecule has 0 aliphatic carbocycles. The van der Waals surface area contributed by atoms with E-state index in [2.05, 4.69) is 48.6 Å². The fourth-order valence-corrected chi connectivity index (χ4v) is 2.38. The van der Waals surface area contributed by atoms with Gasteiger partial charge in [0.2, 0.25) is 0 Å². The molecule has 96 valence electrons. The lowest BCUT2D eigenvalue weighted by Gasteiger charge is -2.14. The van der Waals surface area contributed by atoms with Crippen LogP contribution in [0.5, 0.6) is 0 Å². The van der Waals surface area contributed by atoms with E-state index < -0.39 is 0 Å². The number of furan rings is 1. The fraction of sp³-hybridized carbons (Fsp3) is 0.176. The zero-order chi connectivity index (χ0) is 13.2. The Balaban J connectivity index is 2.04. The molecule has 0 fully saturated rings. The topological polar surface area (TPSA) is 25.2 Å². The van der Waals surface area contributed by atoms with E-state index in [-0.39, 0.29) is 6.04 Å². The minimum atomic E-state index is 0.0907. The average Bonchev–Trinajstić information content (AvgIpc) is 2.85. The van der Waals surface area contributed by atoms with Gasteiger partial charge in [0.1, 0.15) is 11.3 Å². The predicted octanol–water partition coefficient (Wildman–Crippen LogP) is 4.05. The quantitative estimate of drug-likeness (QED) is 0.759. The van der Waals surface area contributed by atoms with Crippen molar-refractivity contribution in [1.29, 1.82) is 0 Å². The van der Waals surface area contributed by atoms with Gasteiger partial charge in [0.25, 0.3) is 0 Å². The van der Waals surface area contributed by atoms with Crippen molar-refractivity contribution in [3.8, 4) is 0 Å². The summed E-state index contributed by atoms with van der Waals surface area (Å²) in [6.45, 7) is 2.10. The zero-order valence-electron chi connectivity index (χ0n) is 11.2. The first kappa shape index (κ1) is 12.0. The predicted molar refractivity (Wildman–Crippen MR) is 78.3 cm³/mol. The maximum Gasteiger partial charge on any atom is 0.134 e. The van der Waals surface area contributed by atoms with Gasteiger partial charge in [-0.15, -0.1) is 0 Å². The molecule has 0 amide bonds. The molecule has 0 radical (unpaired) electrons. The molecule has 0 aliphatic heterocycles. The molecule has 2 nitrogen and oxygen atoms in total. The van der Waals surface area contributed by atoms with E-state index in [4.69, 9.17) is 4.42 Å². The molecule has 0 saturated heterocycles. The van der Waals surface area contributed by atoms with Crippen LogP contribution < -0.4 is 5.32 Å². The normalized spacial score (nSPS) is 12.7. The molecule has 0 aliphatic rings. The summed E-state index contributed by atoms with van der Waals surface area (Å²) < 4.78 is 5.94. The van der Waals surface area contributed by atoms with Crippen molar-refractivity contribution in [1.82, 2.24) is 5.32 Å². The highest BCUT2D eigenvalue weighted by atomic mass is 16.3. The van der Waals surface area contributed by atoms with E-state index in [1.54, 1.807) is 0 Å². The summed E-state index contributed by atoms with van der Waals surface area (Å²) >= 11 is 0. The van der Waals surface area contributed by atoms with Crippen molar-refractivity contribution >= 4 is 11.0 Å². The van der Waals surface area contributed by atoms with Gasteiger partial charge in [-0.25, -0.2) is 0 Å². The smallest absolute Gasteiger partial charge is 0.134 e. The van der Waals surface area contributed by atoms with Gasteiger partial charge in [-0.05, 0) is 31.7 Å². The molecule has 3 aromatic rings. The summed E-state index contributed by atoms with van der Waals surface area (Å²) in [7, 11) is 1.96. The molecule has 2 heteroatoms. The molecule has 1 aromatic heterocycles. The van der Waals surface area contributed by atoms with Gasteiger partial charge in [-0.3, -0.25) is 0 Å². The van der Waals surface area contributed by atoms with Gasteiger partial charge < -0.3 is 9.73 Å². The summed E-state index contributed by atoms with van der Waals surface area (Å²) in [6.07, 6.45) is 0. The number of rotatable bonds is 3. The van der Waals surface area contributed by atoms with Crippen molar-refractivity contribution < 1.29 is 4.42 Å². The number of fused-ring (bicyclic) bond motifs is 1. The molecule has 19 heavy (non-hydrogen) atoms. The third kappa shape index (κ3) is 2.27.